The second-order valence-corrected chi connectivity index (χ2v) is 7.47. The quantitative estimate of drug-likeness (QED) is 0.428. The highest BCUT2D eigenvalue weighted by Gasteiger charge is 2.20. The first-order valence-corrected chi connectivity index (χ1v) is 9.78. The number of hydrogen-bond donors (Lipinski definition) is 0. The van der Waals surface area contributed by atoms with Gasteiger partial charge >= 0.3 is 0 Å². The molecule has 4 aromatic rings. The van der Waals surface area contributed by atoms with Crippen LogP contribution < -0.4 is 4.74 Å². The lowest BCUT2D eigenvalue weighted by Crippen LogP contribution is -2.10. The van der Waals surface area contributed by atoms with Crippen LogP contribution in [0.25, 0.3) is 10.9 Å². The van der Waals surface area contributed by atoms with E-state index < -0.39 is 0 Å². The number of aromatic nitrogens is 3. The molecular formula is C24H25N3O2. The van der Waals surface area contributed by atoms with Gasteiger partial charge in [0.2, 0.25) is 0 Å². The number of nitrogens with zero attached hydrogens (tertiary/aromatic N) is 3. The lowest BCUT2D eigenvalue weighted by atomic mass is 9.95. The number of benzene rings is 2. The molecule has 0 aliphatic rings. The summed E-state index contributed by atoms with van der Waals surface area (Å²) >= 11 is 0. The predicted octanol–water partition coefficient (Wildman–Crippen LogP) is 4.81. The van der Waals surface area contributed by atoms with Crippen LogP contribution in [0.15, 0.2) is 67.1 Å². The van der Waals surface area contributed by atoms with E-state index in [0.29, 0.717) is 12.2 Å². The Balaban J connectivity index is 1.70. The van der Waals surface area contributed by atoms with Crippen molar-refractivity contribution in [1.82, 2.24) is 14.1 Å². The molecule has 0 N–H and O–H groups in total. The molecule has 0 saturated carbocycles. The fourth-order valence-corrected chi connectivity index (χ4v) is 3.84. The van der Waals surface area contributed by atoms with Gasteiger partial charge in [0.15, 0.2) is 11.6 Å². The largest absolute Gasteiger partial charge is 0.497 e. The molecule has 2 aromatic carbocycles. The molecule has 5 nitrogen and oxygen atoms in total. The van der Waals surface area contributed by atoms with E-state index >= 15 is 0 Å². The number of ketones is 1. The van der Waals surface area contributed by atoms with E-state index in [0.717, 1.165) is 23.2 Å². The van der Waals surface area contributed by atoms with Crippen LogP contribution in [0.4, 0.5) is 0 Å². The minimum absolute atomic E-state index is 0.0578. The van der Waals surface area contributed by atoms with Gasteiger partial charge in [0.1, 0.15) is 5.75 Å². The summed E-state index contributed by atoms with van der Waals surface area (Å²) in [5.41, 5.74) is 3.51. The normalized spacial score (nSPS) is 12.2. The lowest BCUT2D eigenvalue weighted by Gasteiger charge is -2.10. The van der Waals surface area contributed by atoms with Gasteiger partial charge in [-0.25, -0.2) is 4.98 Å². The zero-order valence-electron chi connectivity index (χ0n) is 17.0. The minimum atomic E-state index is 0.0578. The molecule has 0 saturated heterocycles. The summed E-state index contributed by atoms with van der Waals surface area (Å²) in [4.78, 5) is 16.9. The topological polar surface area (TPSA) is 49.0 Å². The molecule has 5 heteroatoms. The van der Waals surface area contributed by atoms with Crippen LogP contribution in [0.1, 0.15) is 41.0 Å². The van der Waals surface area contributed by atoms with Gasteiger partial charge in [0, 0.05) is 50.1 Å². The molecule has 0 bridgehead atoms. The molecule has 0 aliphatic carbocycles. The highest BCUT2D eigenvalue weighted by Crippen LogP contribution is 2.33. The Morgan fingerprint density at radius 1 is 1.17 bits per heavy atom. The summed E-state index contributed by atoms with van der Waals surface area (Å²) in [7, 11) is 3.53. The SMILES string of the molecule is COc1ccc2c([C@H](C)CC(=O)c3nccn3C)cn(Cc3ccccc3)c2c1. The van der Waals surface area contributed by atoms with Gasteiger partial charge in [-0.05, 0) is 29.2 Å². The van der Waals surface area contributed by atoms with E-state index in [-0.39, 0.29) is 11.7 Å². The Kier molecular flexibility index (Phi) is 5.21. The molecule has 148 valence electrons. The molecule has 0 spiro atoms. The minimum Gasteiger partial charge on any atom is -0.497 e. The fraction of sp³-hybridized carbons (Fsp3) is 0.250. The number of Topliss-reactive ketones (excluding diaryl/α,β-unsaturated/α-hetero) is 1. The van der Waals surface area contributed by atoms with Gasteiger partial charge in [-0.3, -0.25) is 4.79 Å². The van der Waals surface area contributed by atoms with Crippen LogP contribution in [0.3, 0.4) is 0 Å². The van der Waals surface area contributed by atoms with Crippen molar-refractivity contribution in [2.45, 2.75) is 25.8 Å². The maximum Gasteiger partial charge on any atom is 0.198 e. The first-order valence-electron chi connectivity index (χ1n) is 9.78. The number of carbonyl (C=O) groups is 1. The molecule has 0 amide bonds. The summed E-state index contributed by atoms with van der Waals surface area (Å²) < 4.78 is 9.46. The Morgan fingerprint density at radius 3 is 2.66 bits per heavy atom. The fourth-order valence-electron chi connectivity index (χ4n) is 3.84. The van der Waals surface area contributed by atoms with Crippen LogP contribution in [0.2, 0.25) is 0 Å². The molecule has 2 heterocycles. The summed E-state index contributed by atoms with van der Waals surface area (Å²) in [6.45, 7) is 2.87. The highest BCUT2D eigenvalue weighted by molar-refractivity contribution is 5.94. The molecule has 0 radical (unpaired) electrons. The third-order valence-electron chi connectivity index (χ3n) is 5.41. The van der Waals surface area contributed by atoms with Crippen molar-refractivity contribution < 1.29 is 9.53 Å². The third-order valence-corrected chi connectivity index (χ3v) is 5.41. The number of methoxy groups -OCH3 is 1. The highest BCUT2D eigenvalue weighted by atomic mass is 16.5. The van der Waals surface area contributed by atoms with Gasteiger partial charge in [-0.1, -0.05) is 37.3 Å². The number of aryl methyl sites for hydroxylation is 1. The predicted molar refractivity (Wildman–Crippen MR) is 115 cm³/mol. The van der Waals surface area contributed by atoms with Gasteiger partial charge in [0.05, 0.1) is 12.6 Å². The van der Waals surface area contributed by atoms with Crippen LogP contribution in [0, 0.1) is 0 Å². The van der Waals surface area contributed by atoms with Crippen LogP contribution >= 0.6 is 0 Å². The van der Waals surface area contributed by atoms with Crippen molar-refractivity contribution in [2.75, 3.05) is 7.11 Å². The maximum absolute atomic E-state index is 12.7. The average Bonchev–Trinajstić information content (AvgIpc) is 3.32. The number of ether oxygens (including phenoxy) is 1. The second kappa shape index (κ2) is 7.95. The summed E-state index contributed by atoms with van der Waals surface area (Å²) in [6, 6.07) is 16.5. The van der Waals surface area contributed by atoms with Gasteiger partial charge in [-0.2, -0.15) is 0 Å². The Labute approximate surface area is 170 Å². The second-order valence-electron chi connectivity index (χ2n) is 7.47. The molecule has 0 unspecified atom stereocenters. The first-order chi connectivity index (χ1) is 14.1. The Hall–Kier alpha value is -3.34. The van der Waals surface area contributed by atoms with E-state index in [2.05, 4.69) is 59.1 Å². The van der Waals surface area contributed by atoms with Crippen molar-refractivity contribution in [3.05, 3.63) is 84.1 Å². The van der Waals surface area contributed by atoms with Crippen LogP contribution in [0.5, 0.6) is 5.75 Å². The molecular weight excluding hydrogens is 362 g/mol. The van der Waals surface area contributed by atoms with E-state index in [1.807, 2.05) is 19.2 Å². The third kappa shape index (κ3) is 3.81. The summed E-state index contributed by atoms with van der Waals surface area (Å²) in [5.74, 6) is 1.47. The number of carbonyl (C=O) groups excluding carboxylic acids is 1. The van der Waals surface area contributed by atoms with Gasteiger partial charge in [-0.15, -0.1) is 0 Å². The van der Waals surface area contributed by atoms with Crippen molar-refractivity contribution in [2.24, 2.45) is 7.05 Å². The molecule has 4 rings (SSSR count). The van der Waals surface area contributed by atoms with Crippen molar-refractivity contribution >= 4 is 16.7 Å². The van der Waals surface area contributed by atoms with E-state index in [4.69, 9.17) is 4.74 Å². The molecule has 0 fully saturated rings. The van der Waals surface area contributed by atoms with Crippen molar-refractivity contribution in [3.8, 4) is 5.75 Å². The van der Waals surface area contributed by atoms with E-state index in [1.165, 1.54) is 11.1 Å². The summed E-state index contributed by atoms with van der Waals surface area (Å²) in [6.07, 6.45) is 6.06. The van der Waals surface area contributed by atoms with Crippen LogP contribution in [-0.2, 0) is 13.6 Å². The van der Waals surface area contributed by atoms with Crippen molar-refractivity contribution in [1.29, 1.82) is 0 Å². The van der Waals surface area contributed by atoms with E-state index in [1.54, 1.807) is 24.1 Å². The van der Waals surface area contributed by atoms with Crippen LogP contribution in [-0.4, -0.2) is 27.0 Å². The number of imidazole rings is 1. The smallest absolute Gasteiger partial charge is 0.198 e. The monoisotopic (exact) mass is 387 g/mol. The average molecular weight is 387 g/mol. The standard InChI is InChI=1S/C24H25N3O2/c1-17(13-23(28)24-25-11-12-26(24)2)21-16-27(15-18-7-5-4-6-8-18)22-14-19(29-3)9-10-20(21)22/h4-12,14,16-17H,13,15H2,1-3H3/t17-/m1/s1. The zero-order chi connectivity index (χ0) is 20.4. The molecule has 2 aromatic heterocycles. The van der Waals surface area contributed by atoms with Gasteiger partial charge in [0.25, 0.3) is 0 Å². The molecule has 29 heavy (non-hydrogen) atoms. The Morgan fingerprint density at radius 2 is 1.97 bits per heavy atom. The Bertz CT molecular complexity index is 1140. The number of fused-ring (bicyclic) bond motifs is 1. The lowest BCUT2D eigenvalue weighted by molar-refractivity contribution is 0.0962. The molecule has 0 aliphatic heterocycles. The van der Waals surface area contributed by atoms with Gasteiger partial charge < -0.3 is 13.9 Å². The zero-order valence-corrected chi connectivity index (χ0v) is 17.0. The first kappa shape index (κ1) is 19.0. The maximum atomic E-state index is 12.7. The van der Waals surface area contributed by atoms with E-state index in [9.17, 15) is 4.79 Å². The molecule has 1 atom stereocenters. The summed E-state index contributed by atoms with van der Waals surface area (Å²) in [5, 5.41) is 1.15. The number of rotatable bonds is 7. The number of hydrogen-bond acceptors (Lipinski definition) is 3. The van der Waals surface area contributed by atoms with Crippen molar-refractivity contribution in [3.63, 3.8) is 0 Å².